The molecule has 1 amide bonds. The fourth-order valence-corrected chi connectivity index (χ4v) is 4.89. The fourth-order valence-electron chi connectivity index (χ4n) is 4.18. The van der Waals surface area contributed by atoms with E-state index in [9.17, 15) is 4.79 Å². The number of amides is 1. The van der Waals surface area contributed by atoms with Crippen LogP contribution in [0.1, 0.15) is 25.7 Å². The molecule has 5 rings (SSSR count). The van der Waals surface area contributed by atoms with E-state index in [1.807, 2.05) is 35.8 Å². The molecule has 0 unspecified atom stereocenters. The lowest BCUT2D eigenvalue weighted by Gasteiger charge is -2.26. The largest absolute Gasteiger partial charge is 0.494 e. The third-order valence-corrected chi connectivity index (χ3v) is 6.72. The summed E-state index contributed by atoms with van der Waals surface area (Å²) in [6.45, 7) is 2.93. The Bertz CT molecular complexity index is 1280. The first kappa shape index (κ1) is 21.5. The van der Waals surface area contributed by atoms with Crippen LogP contribution in [0.5, 0.6) is 5.75 Å². The molecular formula is C24H26N6O2S. The molecule has 2 N–H and O–H groups in total. The second-order valence-electron chi connectivity index (χ2n) is 8.15. The number of fused-ring (bicyclic) bond motifs is 2. The maximum atomic E-state index is 12.7. The number of thiazole rings is 1. The number of piperidine rings is 1. The molecule has 0 radical (unpaired) electrons. The van der Waals surface area contributed by atoms with Crippen molar-refractivity contribution in [3.8, 4) is 5.75 Å². The number of hydrogen-bond donors (Lipinski definition) is 2. The fraction of sp³-hybridized carbons (Fsp3) is 0.333. The van der Waals surface area contributed by atoms with E-state index in [1.54, 1.807) is 18.4 Å². The Morgan fingerprint density at radius 2 is 1.97 bits per heavy atom. The molecule has 8 nitrogen and oxygen atoms in total. The molecule has 2 aromatic carbocycles. The molecule has 0 bridgehead atoms. The van der Waals surface area contributed by atoms with Gasteiger partial charge in [0.25, 0.3) is 0 Å². The van der Waals surface area contributed by atoms with Gasteiger partial charge in [-0.05, 0) is 50.2 Å². The Morgan fingerprint density at radius 1 is 1.09 bits per heavy atom. The van der Waals surface area contributed by atoms with E-state index in [2.05, 4.69) is 30.5 Å². The number of anilines is 3. The Hall–Kier alpha value is -3.30. The van der Waals surface area contributed by atoms with Crippen LogP contribution in [0.3, 0.4) is 0 Å². The number of ether oxygens (including phenoxy) is 1. The van der Waals surface area contributed by atoms with Crippen LogP contribution in [0.4, 0.5) is 17.2 Å². The van der Waals surface area contributed by atoms with Gasteiger partial charge in [0.2, 0.25) is 5.91 Å². The van der Waals surface area contributed by atoms with Gasteiger partial charge in [-0.15, -0.1) is 11.3 Å². The maximum absolute atomic E-state index is 12.7. The van der Waals surface area contributed by atoms with E-state index in [1.165, 1.54) is 25.6 Å². The van der Waals surface area contributed by atoms with Crippen molar-refractivity contribution >= 4 is 55.6 Å². The topological polar surface area (TPSA) is 92.3 Å². The highest BCUT2D eigenvalue weighted by molar-refractivity contribution is 7.16. The molecule has 0 atom stereocenters. The van der Waals surface area contributed by atoms with Gasteiger partial charge in [0.15, 0.2) is 0 Å². The normalized spacial score (nSPS) is 14.5. The summed E-state index contributed by atoms with van der Waals surface area (Å²) in [6.07, 6.45) is 5.68. The second kappa shape index (κ2) is 9.68. The summed E-state index contributed by atoms with van der Waals surface area (Å²) in [5, 5.41) is 7.21. The van der Waals surface area contributed by atoms with Gasteiger partial charge in [-0.3, -0.25) is 4.79 Å². The third kappa shape index (κ3) is 4.89. The monoisotopic (exact) mass is 462 g/mol. The minimum Gasteiger partial charge on any atom is -0.494 e. The molecule has 9 heteroatoms. The van der Waals surface area contributed by atoms with Gasteiger partial charge in [0.05, 0.1) is 34.0 Å². The lowest BCUT2D eigenvalue weighted by molar-refractivity contribution is -0.116. The summed E-state index contributed by atoms with van der Waals surface area (Å²) in [7, 11) is 1.59. The first-order valence-electron chi connectivity index (χ1n) is 11.1. The number of likely N-dealkylation sites (tertiary alicyclic amines) is 1. The zero-order chi connectivity index (χ0) is 22.6. The molecule has 3 heterocycles. The number of carbonyl (C=O) groups is 1. The average Bonchev–Trinajstić information content (AvgIpc) is 3.31. The van der Waals surface area contributed by atoms with Gasteiger partial charge >= 0.3 is 0 Å². The Labute approximate surface area is 196 Å². The number of aromatic nitrogens is 3. The van der Waals surface area contributed by atoms with Gasteiger partial charge in [0, 0.05) is 30.1 Å². The van der Waals surface area contributed by atoms with E-state index in [-0.39, 0.29) is 5.91 Å². The zero-order valence-electron chi connectivity index (χ0n) is 18.5. The second-order valence-corrected chi connectivity index (χ2v) is 9.04. The number of nitrogens with one attached hydrogen (secondary N) is 2. The van der Waals surface area contributed by atoms with Gasteiger partial charge in [-0.25, -0.2) is 15.0 Å². The number of benzene rings is 2. The predicted molar refractivity (Wildman–Crippen MR) is 133 cm³/mol. The number of rotatable bonds is 7. The highest BCUT2D eigenvalue weighted by atomic mass is 32.1. The molecule has 33 heavy (non-hydrogen) atoms. The van der Waals surface area contributed by atoms with Crippen LogP contribution < -0.4 is 15.4 Å². The van der Waals surface area contributed by atoms with Crippen molar-refractivity contribution in [1.29, 1.82) is 0 Å². The molecule has 1 saturated heterocycles. The van der Waals surface area contributed by atoms with E-state index in [0.29, 0.717) is 23.7 Å². The molecule has 1 fully saturated rings. The van der Waals surface area contributed by atoms with Crippen LogP contribution >= 0.6 is 11.3 Å². The Kier molecular flexibility index (Phi) is 6.32. The van der Waals surface area contributed by atoms with E-state index in [0.717, 1.165) is 46.4 Å². The summed E-state index contributed by atoms with van der Waals surface area (Å²) in [5.41, 5.74) is 5.06. The molecule has 0 saturated carbocycles. The van der Waals surface area contributed by atoms with Crippen LogP contribution in [0.15, 0.2) is 42.2 Å². The van der Waals surface area contributed by atoms with E-state index >= 15 is 0 Å². The molecule has 170 valence electrons. The number of hydrogen-bond acceptors (Lipinski definition) is 8. The first-order chi connectivity index (χ1) is 16.2. The highest BCUT2D eigenvalue weighted by Gasteiger charge is 2.15. The Morgan fingerprint density at radius 3 is 2.82 bits per heavy atom. The number of carbonyl (C=O) groups excluding carboxylic acids is 1. The number of nitrogens with zero attached hydrogens (tertiary/aromatic N) is 4. The van der Waals surface area contributed by atoms with Crippen molar-refractivity contribution in [3.05, 3.63) is 42.2 Å². The van der Waals surface area contributed by atoms with Crippen molar-refractivity contribution in [2.24, 2.45) is 0 Å². The van der Waals surface area contributed by atoms with Crippen LogP contribution in [0, 0.1) is 0 Å². The van der Waals surface area contributed by atoms with Crippen LogP contribution in [0.25, 0.3) is 21.1 Å². The molecule has 1 aliphatic heterocycles. The Balaban J connectivity index is 1.38. The molecule has 0 aliphatic carbocycles. The van der Waals surface area contributed by atoms with Crippen molar-refractivity contribution in [2.45, 2.75) is 25.7 Å². The summed E-state index contributed by atoms with van der Waals surface area (Å²) in [6, 6.07) is 9.71. The molecule has 2 aromatic heterocycles. The average molecular weight is 463 g/mol. The minimum absolute atomic E-state index is 0.0276. The van der Waals surface area contributed by atoms with Crippen molar-refractivity contribution in [2.75, 3.05) is 37.4 Å². The standard InChI is InChI=1S/C24H26N6O2S/c1-32-21-13-19-17(12-20(21)29-23(31)7-10-30-8-3-2-4-9-30)24(26-14-25-19)28-16-5-6-18-22(11-16)33-15-27-18/h5-6,11-15H,2-4,7-10H2,1H3,(H,29,31)(H,25,26,28). The smallest absolute Gasteiger partial charge is 0.225 e. The molecule has 4 aromatic rings. The van der Waals surface area contributed by atoms with E-state index in [4.69, 9.17) is 4.74 Å². The van der Waals surface area contributed by atoms with Gasteiger partial charge in [-0.1, -0.05) is 6.42 Å². The predicted octanol–water partition coefficient (Wildman–Crippen LogP) is 4.81. The van der Waals surface area contributed by atoms with Crippen LogP contribution in [0.2, 0.25) is 0 Å². The quantitative estimate of drug-likeness (QED) is 0.407. The van der Waals surface area contributed by atoms with Crippen LogP contribution in [-0.2, 0) is 4.79 Å². The lowest BCUT2D eigenvalue weighted by Crippen LogP contribution is -2.32. The van der Waals surface area contributed by atoms with Gasteiger partial charge in [-0.2, -0.15) is 0 Å². The van der Waals surface area contributed by atoms with Gasteiger partial charge < -0.3 is 20.3 Å². The van der Waals surface area contributed by atoms with Crippen LogP contribution in [-0.4, -0.2) is 52.5 Å². The van der Waals surface area contributed by atoms with Gasteiger partial charge in [0.1, 0.15) is 17.9 Å². The SMILES string of the molecule is COc1cc2ncnc(Nc3ccc4ncsc4c3)c2cc1NC(=O)CCN1CCCCC1. The number of methoxy groups -OCH3 is 1. The molecule has 1 aliphatic rings. The minimum atomic E-state index is -0.0276. The van der Waals surface area contributed by atoms with Crippen molar-refractivity contribution in [3.63, 3.8) is 0 Å². The van der Waals surface area contributed by atoms with E-state index < -0.39 is 0 Å². The van der Waals surface area contributed by atoms with Crippen molar-refractivity contribution in [1.82, 2.24) is 19.9 Å². The first-order valence-corrected chi connectivity index (χ1v) is 12.0. The third-order valence-electron chi connectivity index (χ3n) is 5.93. The summed E-state index contributed by atoms with van der Waals surface area (Å²) < 4.78 is 6.63. The van der Waals surface area contributed by atoms with Crippen molar-refractivity contribution < 1.29 is 9.53 Å². The molecular weight excluding hydrogens is 436 g/mol. The summed E-state index contributed by atoms with van der Waals surface area (Å²) >= 11 is 1.59. The summed E-state index contributed by atoms with van der Waals surface area (Å²) in [5.74, 6) is 1.21. The molecule has 0 spiro atoms. The zero-order valence-corrected chi connectivity index (χ0v) is 19.3. The highest BCUT2D eigenvalue weighted by Crippen LogP contribution is 2.33. The maximum Gasteiger partial charge on any atom is 0.225 e. The summed E-state index contributed by atoms with van der Waals surface area (Å²) in [4.78, 5) is 28.2. The lowest BCUT2D eigenvalue weighted by atomic mass is 10.1.